The lowest BCUT2D eigenvalue weighted by atomic mass is 10.2. The van der Waals surface area contributed by atoms with Crippen LogP contribution in [0.3, 0.4) is 0 Å². The summed E-state index contributed by atoms with van der Waals surface area (Å²) in [5.74, 6) is -0.873. The Morgan fingerprint density at radius 2 is 2.17 bits per heavy atom. The number of benzene rings is 1. The van der Waals surface area contributed by atoms with Crippen molar-refractivity contribution in [3.63, 3.8) is 0 Å². The summed E-state index contributed by atoms with van der Waals surface area (Å²) in [4.78, 5) is 0. The Balaban J connectivity index is 3.10. The van der Waals surface area contributed by atoms with Gasteiger partial charge in [0.05, 0.1) is 5.02 Å². The number of hydrogen-bond donors (Lipinski definition) is 0. The van der Waals surface area contributed by atoms with E-state index in [0.717, 1.165) is 0 Å². The lowest BCUT2D eigenvalue weighted by molar-refractivity contribution is 0.184. The van der Waals surface area contributed by atoms with E-state index in [1.54, 1.807) is 6.92 Å². The first kappa shape index (κ1) is 9.26. The number of halogens is 3. The predicted octanol–water partition coefficient (Wildman–Crippen LogP) is 3.09. The van der Waals surface area contributed by atoms with Gasteiger partial charge in [0, 0.05) is 0 Å². The summed E-state index contributed by atoms with van der Waals surface area (Å²) >= 11 is 5.58. The van der Waals surface area contributed by atoms with Gasteiger partial charge in [0.1, 0.15) is 0 Å². The Morgan fingerprint density at radius 3 is 2.67 bits per heavy atom. The maximum absolute atomic E-state index is 12.9. The summed E-state index contributed by atoms with van der Waals surface area (Å²) in [6.45, 7) is 0.605. The number of alkyl halides is 1. The molecule has 0 radical (unpaired) electrons. The fraction of sp³-hybridized carbons (Fsp3) is 0.250. The van der Waals surface area contributed by atoms with Crippen molar-refractivity contribution in [3.8, 4) is 5.75 Å². The van der Waals surface area contributed by atoms with Crippen LogP contribution in [0, 0.1) is 12.7 Å². The Kier molecular flexibility index (Phi) is 2.87. The van der Waals surface area contributed by atoms with Crippen molar-refractivity contribution in [2.45, 2.75) is 6.92 Å². The van der Waals surface area contributed by atoms with Crippen LogP contribution in [0.1, 0.15) is 5.56 Å². The maximum Gasteiger partial charge on any atom is 0.228 e. The number of hydrogen-bond acceptors (Lipinski definition) is 1. The lowest BCUT2D eigenvalue weighted by Gasteiger charge is -2.05. The van der Waals surface area contributed by atoms with Gasteiger partial charge in [-0.3, -0.25) is 0 Å². The Morgan fingerprint density at radius 1 is 1.50 bits per heavy atom. The summed E-state index contributed by atoms with van der Waals surface area (Å²) in [6, 6.07) is 2.74. The second-order valence-corrected chi connectivity index (χ2v) is 2.72. The minimum Gasteiger partial charge on any atom is -0.458 e. The maximum atomic E-state index is 12.9. The SMILES string of the molecule is Cc1cc(F)c(OCF)c(Cl)c1. The van der Waals surface area contributed by atoms with Crippen molar-refractivity contribution in [3.05, 3.63) is 28.5 Å². The van der Waals surface area contributed by atoms with Crippen molar-refractivity contribution < 1.29 is 13.5 Å². The highest BCUT2D eigenvalue weighted by Crippen LogP contribution is 2.28. The third-order valence-electron chi connectivity index (χ3n) is 1.34. The molecule has 1 nitrogen and oxygen atoms in total. The van der Waals surface area contributed by atoms with Gasteiger partial charge in [-0.2, -0.15) is 0 Å². The average Bonchev–Trinajstić information content (AvgIpc) is 1.96. The molecule has 1 aromatic carbocycles. The summed E-state index contributed by atoms with van der Waals surface area (Å²) in [6.07, 6.45) is 0. The van der Waals surface area contributed by atoms with Crippen LogP contribution in [-0.4, -0.2) is 6.86 Å². The van der Waals surface area contributed by atoms with Crippen molar-refractivity contribution in [2.24, 2.45) is 0 Å². The van der Waals surface area contributed by atoms with Gasteiger partial charge in [0.25, 0.3) is 0 Å². The van der Waals surface area contributed by atoms with Crippen molar-refractivity contribution in [2.75, 3.05) is 6.86 Å². The minimum absolute atomic E-state index is 0.0881. The van der Waals surface area contributed by atoms with Crippen molar-refractivity contribution in [1.29, 1.82) is 0 Å². The molecule has 0 aliphatic carbocycles. The molecule has 0 atom stereocenters. The highest BCUT2D eigenvalue weighted by atomic mass is 35.5. The van der Waals surface area contributed by atoms with Gasteiger partial charge >= 0.3 is 0 Å². The van der Waals surface area contributed by atoms with E-state index in [9.17, 15) is 8.78 Å². The standard InChI is InChI=1S/C8H7ClF2O/c1-5-2-6(9)8(12-4-10)7(11)3-5/h2-3H,4H2,1H3. The van der Waals surface area contributed by atoms with Crippen LogP contribution < -0.4 is 4.74 Å². The zero-order valence-electron chi connectivity index (χ0n) is 6.40. The summed E-state index contributed by atoms with van der Waals surface area (Å²) in [7, 11) is 0. The molecule has 0 saturated carbocycles. The molecule has 0 saturated heterocycles. The van der Waals surface area contributed by atoms with Crippen LogP contribution >= 0.6 is 11.6 Å². The van der Waals surface area contributed by atoms with E-state index < -0.39 is 12.7 Å². The summed E-state index contributed by atoms with van der Waals surface area (Å²) in [5, 5.41) is 0.0881. The molecule has 1 rings (SSSR count). The molecule has 0 aliphatic heterocycles. The molecule has 0 unspecified atom stereocenters. The summed E-state index contributed by atoms with van der Waals surface area (Å²) in [5.41, 5.74) is 0.670. The topological polar surface area (TPSA) is 9.23 Å². The first-order chi connectivity index (χ1) is 5.65. The van der Waals surface area contributed by atoms with Gasteiger partial charge in [0.2, 0.25) is 6.86 Å². The fourth-order valence-electron chi connectivity index (χ4n) is 0.879. The molecule has 0 heterocycles. The quantitative estimate of drug-likeness (QED) is 0.700. The molecule has 1 aromatic rings. The molecule has 4 heteroatoms. The number of ether oxygens (including phenoxy) is 1. The Labute approximate surface area is 73.9 Å². The molecule has 0 amide bonds. The largest absolute Gasteiger partial charge is 0.458 e. The molecule has 0 aliphatic rings. The molecule has 0 spiro atoms. The van der Waals surface area contributed by atoms with Crippen LogP contribution in [-0.2, 0) is 0 Å². The zero-order chi connectivity index (χ0) is 9.14. The average molecular weight is 193 g/mol. The van der Waals surface area contributed by atoms with Crippen LogP contribution in [0.25, 0.3) is 0 Å². The van der Waals surface area contributed by atoms with E-state index in [0.29, 0.717) is 5.56 Å². The molecule has 0 bridgehead atoms. The fourth-order valence-corrected chi connectivity index (χ4v) is 1.20. The third-order valence-corrected chi connectivity index (χ3v) is 1.62. The molecule has 0 aromatic heterocycles. The van der Waals surface area contributed by atoms with Crippen LogP contribution in [0.15, 0.2) is 12.1 Å². The molecule has 12 heavy (non-hydrogen) atoms. The lowest BCUT2D eigenvalue weighted by Crippen LogP contribution is -1.94. The van der Waals surface area contributed by atoms with E-state index >= 15 is 0 Å². The smallest absolute Gasteiger partial charge is 0.228 e. The molecule has 0 fully saturated rings. The van der Waals surface area contributed by atoms with E-state index in [1.165, 1.54) is 12.1 Å². The van der Waals surface area contributed by atoms with Crippen LogP contribution in [0.2, 0.25) is 5.02 Å². The van der Waals surface area contributed by atoms with E-state index in [1.807, 2.05) is 0 Å². The van der Waals surface area contributed by atoms with Crippen LogP contribution in [0.5, 0.6) is 5.75 Å². The second-order valence-electron chi connectivity index (χ2n) is 2.31. The van der Waals surface area contributed by atoms with E-state index in [-0.39, 0.29) is 10.8 Å². The second kappa shape index (κ2) is 3.72. The third kappa shape index (κ3) is 1.85. The highest BCUT2D eigenvalue weighted by Gasteiger charge is 2.08. The van der Waals surface area contributed by atoms with Crippen molar-refractivity contribution in [1.82, 2.24) is 0 Å². The Bertz CT molecular complexity index is 265. The molecular formula is C8H7ClF2O. The van der Waals surface area contributed by atoms with E-state index in [4.69, 9.17) is 11.6 Å². The zero-order valence-corrected chi connectivity index (χ0v) is 7.16. The molecule has 0 N–H and O–H groups in total. The number of rotatable bonds is 2. The number of aryl methyl sites for hydroxylation is 1. The van der Waals surface area contributed by atoms with Gasteiger partial charge < -0.3 is 4.74 Å². The van der Waals surface area contributed by atoms with Crippen LogP contribution in [0.4, 0.5) is 8.78 Å². The van der Waals surface area contributed by atoms with E-state index in [2.05, 4.69) is 4.74 Å². The van der Waals surface area contributed by atoms with Crippen molar-refractivity contribution >= 4 is 11.6 Å². The van der Waals surface area contributed by atoms with Gasteiger partial charge in [0.15, 0.2) is 11.6 Å². The Hall–Kier alpha value is -0.830. The van der Waals surface area contributed by atoms with Gasteiger partial charge in [-0.25, -0.2) is 8.78 Å². The normalized spacial score (nSPS) is 10.0. The van der Waals surface area contributed by atoms with Gasteiger partial charge in [-0.15, -0.1) is 0 Å². The monoisotopic (exact) mass is 192 g/mol. The first-order valence-electron chi connectivity index (χ1n) is 3.29. The highest BCUT2D eigenvalue weighted by molar-refractivity contribution is 6.32. The van der Waals surface area contributed by atoms with Gasteiger partial charge in [-0.1, -0.05) is 11.6 Å². The minimum atomic E-state index is -1.08. The molecule has 66 valence electrons. The summed E-state index contributed by atoms with van der Waals surface area (Å²) < 4.78 is 29.0. The molecular weight excluding hydrogens is 186 g/mol. The van der Waals surface area contributed by atoms with Gasteiger partial charge in [-0.05, 0) is 24.6 Å². The first-order valence-corrected chi connectivity index (χ1v) is 3.67. The predicted molar refractivity (Wildman–Crippen MR) is 42.8 cm³/mol.